The summed E-state index contributed by atoms with van der Waals surface area (Å²) in [6.45, 7) is 4.17. The third kappa shape index (κ3) is 50.2. The fourth-order valence-corrected chi connectivity index (χ4v) is 9.09. The van der Waals surface area contributed by atoms with Crippen LogP contribution in [0.3, 0.4) is 0 Å². The molecule has 66 heavy (non-hydrogen) atoms. The van der Waals surface area contributed by atoms with E-state index in [1.165, 1.54) is 231 Å². The molecule has 0 saturated heterocycles. The zero-order valence-electron chi connectivity index (χ0n) is 44.3. The van der Waals surface area contributed by atoms with Crippen LogP contribution in [0.1, 0.15) is 309 Å². The standard InChI is InChI=1S/C61H115NO4/c1-3-5-7-9-11-13-15-17-19-20-21-22-23-24-25-26-27-28-29-30-31-32-33-34-35-36-37-38-39-40-42-44-46-48-50-52-54-56-60(65)62-58(57-63)61(66)59(64)55-53-51-49-47-45-43-41-18-16-14-12-10-8-6-4-2/h18,25-26,28-29,41,47,49,58-59,61,63-64,66H,3-17,19-24,27,30-40,42-46,48,50-57H2,1-2H3,(H,62,65)/b26-25-,29-28-,41-18+,49-47+. The van der Waals surface area contributed by atoms with Crippen LogP contribution < -0.4 is 5.32 Å². The monoisotopic (exact) mass is 926 g/mol. The lowest BCUT2D eigenvalue weighted by atomic mass is 10.0. The van der Waals surface area contributed by atoms with E-state index in [4.69, 9.17) is 0 Å². The Labute approximate surface area is 412 Å². The molecule has 0 aliphatic carbocycles. The maximum atomic E-state index is 12.5. The van der Waals surface area contributed by atoms with E-state index in [2.05, 4.69) is 67.8 Å². The predicted molar refractivity (Wildman–Crippen MR) is 291 cm³/mol. The van der Waals surface area contributed by atoms with Crippen LogP contribution in [0.15, 0.2) is 48.6 Å². The summed E-state index contributed by atoms with van der Waals surface area (Å²) >= 11 is 0. The van der Waals surface area contributed by atoms with Gasteiger partial charge in [-0.15, -0.1) is 0 Å². The van der Waals surface area contributed by atoms with Crippen LogP contribution in [0.4, 0.5) is 0 Å². The lowest BCUT2D eigenvalue weighted by Crippen LogP contribution is -2.50. The molecule has 0 saturated carbocycles. The maximum absolute atomic E-state index is 12.5. The van der Waals surface area contributed by atoms with Crippen LogP contribution in [0, 0.1) is 0 Å². The molecule has 0 fully saturated rings. The van der Waals surface area contributed by atoms with Crippen LogP contribution in [-0.2, 0) is 4.79 Å². The van der Waals surface area contributed by atoms with Crippen molar-refractivity contribution in [1.29, 1.82) is 0 Å². The van der Waals surface area contributed by atoms with E-state index >= 15 is 0 Å². The van der Waals surface area contributed by atoms with Crippen molar-refractivity contribution < 1.29 is 20.1 Å². The summed E-state index contributed by atoms with van der Waals surface area (Å²) in [7, 11) is 0. The van der Waals surface area contributed by atoms with Crippen molar-refractivity contribution in [3.63, 3.8) is 0 Å². The third-order valence-corrected chi connectivity index (χ3v) is 13.6. The van der Waals surface area contributed by atoms with Gasteiger partial charge in [-0.05, 0) is 83.5 Å². The van der Waals surface area contributed by atoms with Crippen molar-refractivity contribution in [2.24, 2.45) is 0 Å². The van der Waals surface area contributed by atoms with Crippen LogP contribution in [0.2, 0.25) is 0 Å². The molecule has 0 heterocycles. The molecule has 0 bridgehead atoms. The molecule has 0 radical (unpaired) electrons. The molecule has 4 N–H and O–H groups in total. The first-order valence-corrected chi connectivity index (χ1v) is 29.4. The Morgan fingerprint density at radius 3 is 1.02 bits per heavy atom. The smallest absolute Gasteiger partial charge is 0.220 e. The van der Waals surface area contributed by atoms with E-state index in [0.29, 0.717) is 12.8 Å². The average molecular weight is 927 g/mol. The zero-order chi connectivity index (χ0) is 47.9. The van der Waals surface area contributed by atoms with Gasteiger partial charge in [0.25, 0.3) is 0 Å². The van der Waals surface area contributed by atoms with Gasteiger partial charge in [0.2, 0.25) is 5.91 Å². The van der Waals surface area contributed by atoms with Gasteiger partial charge in [-0.1, -0.05) is 268 Å². The van der Waals surface area contributed by atoms with E-state index in [-0.39, 0.29) is 12.5 Å². The number of aliphatic hydroxyl groups excluding tert-OH is 3. The van der Waals surface area contributed by atoms with Gasteiger partial charge in [0.1, 0.15) is 6.10 Å². The summed E-state index contributed by atoms with van der Waals surface area (Å²) in [5.74, 6) is -0.156. The largest absolute Gasteiger partial charge is 0.394 e. The molecule has 5 heteroatoms. The fraction of sp³-hybridized carbons (Fsp3) is 0.852. The minimum absolute atomic E-state index is 0.156. The molecule has 3 unspecified atom stereocenters. The summed E-state index contributed by atoms with van der Waals surface area (Å²) in [4.78, 5) is 12.5. The minimum Gasteiger partial charge on any atom is -0.394 e. The van der Waals surface area contributed by atoms with Gasteiger partial charge >= 0.3 is 0 Å². The first-order valence-electron chi connectivity index (χ1n) is 29.4. The van der Waals surface area contributed by atoms with Gasteiger partial charge in [-0.3, -0.25) is 4.79 Å². The van der Waals surface area contributed by atoms with Crippen LogP contribution in [0.25, 0.3) is 0 Å². The predicted octanol–water partition coefficient (Wildman–Crippen LogP) is 18.4. The average Bonchev–Trinajstić information content (AvgIpc) is 3.32. The molecule has 0 aliphatic heterocycles. The first kappa shape index (κ1) is 64.3. The fourth-order valence-electron chi connectivity index (χ4n) is 9.09. The lowest BCUT2D eigenvalue weighted by Gasteiger charge is -2.26. The van der Waals surface area contributed by atoms with E-state index in [1.54, 1.807) is 0 Å². The Kier molecular flexibility index (Phi) is 54.5. The summed E-state index contributed by atoms with van der Waals surface area (Å²) in [6.07, 6.45) is 74.3. The highest BCUT2D eigenvalue weighted by Gasteiger charge is 2.26. The van der Waals surface area contributed by atoms with Crippen molar-refractivity contribution in [3.8, 4) is 0 Å². The summed E-state index contributed by atoms with van der Waals surface area (Å²) in [5, 5.41) is 33.6. The molecule has 3 atom stereocenters. The van der Waals surface area contributed by atoms with Gasteiger partial charge in [0, 0.05) is 6.42 Å². The molecular weight excluding hydrogens is 811 g/mol. The van der Waals surface area contributed by atoms with Gasteiger partial charge in [0.15, 0.2) is 0 Å². The van der Waals surface area contributed by atoms with Crippen LogP contribution >= 0.6 is 0 Å². The quantitative estimate of drug-likeness (QED) is 0.0361. The number of rotatable bonds is 54. The zero-order valence-corrected chi connectivity index (χ0v) is 44.3. The number of unbranched alkanes of at least 4 members (excludes halogenated alkanes) is 38. The SMILES string of the molecule is CCCCCCCC/C=C/CC/C=C/CCCC(O)C(O)C(CO)NC(=O)CCCCCCCCCCCCCCCCCCC/C=C\C/C=C\CCCCCCCCCCCCCCC. The molecule has 388 valence electrons. The second-order valence-electron chi connectivity index (χ2n) is 20.2. The molecule has 1 amide bonds. The molecule has 0 rings (SSSR count). The Morgan fingerprint density at radius 1 is 0.379 bits per heavy atom. The Morgan fingerprint density at radius 2 is 0.667 bits per heavy atom. The Hall–Kier alpha value is -1.69. The molecule has 0 aromatic heterocycles. The number of carbonyl (C=O) groups is 1. The van der Waals surface area contributed by atoms with Crippen LogP contribution in [0.5, 0.6) is 0 Å². The second-order valence-corrected chi connectivity index (χ2v) is 20.2. The van der Waals surface area contributed by atoms with Gasteiger partial charge in [-0.25, -0.2) is 0 Å². The summed E-state index contributed by atoms with van der Waals surface area (Å²) in [5.41, 5.74) is 0. The molecule has 0 aromatic rings. The summed E-state index contributed by atoms with van der Waals surface area (Å²) < 4.78 is 0. The highest BCUT2D eigenvalue weighted by Crippen LogP contribution is 2.17. The first-order chi connectivity index (χ1) is 32.6. The van der Waals surface area contributed by atoms with Crippen molar-refractivity contribution >= 4 is 5.91 Å². The summed E-state index contributed by atoms with van der Waals surface area (Å²) in [6, 6.07) is -0.833. The molecule has 0 aliphatic rings. The van der Waals surface area contributed by atoms with Crippen molar-refractivity contribution in [2.75, 3.05) is 6.61 Å². The van der Waals surface area contributed by atoms with Gasteiger partial charge in [0.05, 0.1) is 18.8 Å². The minimum atomic E-state index is -1.17. The second kappa shape index (κ2) is 55.9. The number of hydrogen-bond acceptors (Lipinski definition) is 4. The van der Waals surface area contributed by atoms with E-state index < -0.39 is 18.2 Å². The van der Waals surface area contributed by atoms with Gasteiger partial charge < -0.3 is 20.6 Å². The van der Waals surface area contributed by atoms with E-state index in [9.17, 15) is 20.1 Å². The van der Waals surface area contributed by atoms with Crippen LogP contribution in [-0.4, -0.2) is 46.1 Å². The number of nitrogens with one attached hydrogen (secondary N) is 1. The number of aliphatic hydroxyl groups is 3. The topological polar surface area (TPSA) is 89.8 Å². The molecule has 5 nitrogen and oxygen atoms in total. The van der Waals surface area contributed by atoms with Crippen molar-refractivity contribution in [3.05, 3.63) is 48.6 Å². The molecular formula is C61H115NO4. The number of carbonyl (C=O) groups excluding carboxylic acids is 1. The Balaban J connectivity index is 3.50. The Bertz CT molecular complexity index is 1070. The van der Waals surface area contributed by atoms with Crippen molar-refractivity contribution in [1.82, 2.24) is 5.32 Å². The number of hydrogen-bond donors (Lipinski definition) is 4. The van der Waals surface area contributed by atoms with Gasteiger partial charge in [-0.2, -0.15) is 0 Å². The normalized spacial score (nSPS) is 13.6. The molecule has 0 aromatic carbocycles. The highest BCUT2D eigenvalue weighted by atomic mass is 16.3. The maximum Gasteiger partial charge on any atom is 0.220 e. The molecule has 0 spiro atoms. The lowest BCUT2D eigenvalue weighted by molar-refractivity contribution is -0.124. The number of amides is 1. The number of allylic oxidation sites excluding steroid dienone is 8. The highest BCUT2D eigenvalue weighted by molar-refractivity contribution is 5.76. The van der Waals surface area contributed by atoms with E-state index in [1.807, 2.05) is 0 Å². The third-order valence-electron chi connectivity index (χ3n) is 13.6. The van der Waals surface area contributed by atoms with E-state index in [0.717, 1.165) is 51.4 Å². The van der Waals surface area contributed by atoms with Crippen molar-refractivity contribution in [2.45, 2.75) is 327 Å².